The number of methoxy groups -OCH3 is 1. The van der Waals surface area contributed by atoms with E-state index < -0.39 is 27.3 Å². The number of ether oxygens (including phenoxy) is 1. The van der Waals surface area contributed by atoms with Crippen LogP contribution in [-0.4, -0.2) is 33.3 Å². The fourth-order valence-electron chi connectivity index (χ4n) is 3.98. The van der Waals surface area contributed by atoms with E-state index in [-0.39, 0.29) is 23.1 Å². The standard InChI is InChI=1S/C28H35FN2O5S/c1-9-19(13-27(30-7)36-8)23-15-21(29)14-22(17(2)3)24(23)16-26(32)31-37(34,35)25-11-10-20(12-18(25)4)28(5,6)33/h9-15,17,33H,7,16H2,1-6,8H3,(H,31,32)/b19-9+,27-13+. The lowest BCUT2D eigenvalue weighted by Gasteiger charge is -2.20. The molecule has 37 heavy (non-hydrogen) atoms. The number of carbonyl (C=O) groups is 1. The van der Waals surface area contributed by atoms with E-state index in [1.165, 1.54) is 31.4 Å². The van der Waals surface area contributed by atoms with Crippen molar-refractivity contribution < 1.29 is 27.4 Å². The number of nitrogens with one attached hydrogen (secondary N) is 1. The Morgan fingerprint density at radius 1 is 1.27 bits per heavy atom. The van der Waals surface area contributed by atoms with Crippen LogP contribution in [0.5, 0.6) is 0 Å². The monoisotopic (exact) mass is 530 g/mol. The Bertz CT molecular complexity index is 1350. The fourth-order valence-corrected chi connectivity index (χ4v) is 5.19. The molecule has 0 fully saturated rings. The van der Waals surface area contributed by atoms with Crippen molar-refractivity contribution in [3.63, 3.8) is 0 Å². The highest BCUT2D eigenvalue weighted by molar-refractivity contribution is 7.90. The van der Waals surface area contributed by atoms with Crippen molar-refractivity contribution in [3.8, 4) is 0 Å². The van der Waals surface area contributed by atoms with Crippen molar-refractivity contribution in [1.82, 2.24) is 4.72 Å². The molecule has 0 spiro atoms. The second kappa shape index (κ2) is 11.8. The summed E-state index contributed by atoms with van der Waals surface area (Å²) >= 11 is 0. The molecule has 200 valence electrons. The number of carbonyl (C=O) groups excluding carboxylic acids is 1. The number of aliphatic hydroxyl groups is 1. The number of hydrogen-bond donors (Lipinski definition) is 2. The fraction of sp³-hybridized carbons (Fsp3) is 0.357. The summed E-state index contributed by atoms with van der Waals surface area (Å²) in [6.07, 6.45) is 2.98. The average molecular weight is 531 g/mol. The van der Waals surface area contributed by atoms with Crippen LogP contribution in [0.2, 0.25) is 0 Å². The Morgan fingerprint density at radius 2 is 1.92 bits per heavy atom. The topological polar surface area (TPSA) is 105 Å². The summed E-state index contributed by atoms with van der Waals surface area (Å²) in [7, 11) is -2.78. The van der Waals surface area contributed by atoms with Crippen LogP contribution < -0.4 is 4.72 Å². The molecule has 7 nitrogen and oxygen atoms in total. The second-order valence-corrected chi connectivity index (χ2v) is 11.2. The van der Waals surface area contributed by atoms with Gasteiger partial charge in [-0.05, 0) is 91.9 Å². The number of sulfonamides is 1. The number of aliphatic imine (C=N–C) groups is 1. The van der Waals surface area contributed by atoms with Crippen LogP contribution in [0.1, 0.15) is 68.4 Å². The van der Waals surface area contributed by atoms with Gasteiger partial charge in [0.25, 0.3) is 10.0 Å². The molecular weight excluding hydrogens is 495 g/mol. The van der Waals surface area contributed by atoms with Crippen LogP contribution >= 0.6 is 0 Å². The van der Waals surface area contributed by atoms with Gasteiger partial charge in [0.15, 0.2) is 0 Å². The largest absolute Gasteiger partial charge is 0.481 e. The Kier molecular flexibility index (Phi) is 9.57. The van der Waals surface area contributed by atoms with Crippen molar-refractivity contribution in [2.75, 3.05) is 7.11 Å². The molecule has 0 saturated carbocycles. The van der Waals surface area contributed by atoms with Crippen LogP contribution in [0, 0.1) is 12.7 Å². The zero-order valence-electron chi connectivity index (χ0n) is 22.3. The molecule has 0 aliphatic carbocycles. The van der Waals surface area contributed by atoms with E-state index in [0.29, 0.717) is 33.4 Å². The number of allylic oxidation sites excluding steroid dienone is 3. The lowest BCUT2D eigenvalue weighted by Crippen LogP contribution is -2.33. The molecule has 2 aromatic rings. The maximum absolute atomic E-state index is 14.6. The number of halogens is 1. The minimum atomic E-state index is -4.20. The second-order valence-electron chi connectivity index (χ2n) is 9.51. The van der Waals surface area contributed by atoms with Crippen LogP contribution in [0.25, 0.3) is 5.57 Å². The van der Waals surface area contributed by atoms with E-state index in [4.69, 9.17) is 4.74 Å². The van der Waals surface area contributed by atoms with Gasteiger partial charge < -0.3 is 9.84 Å². The average Bonchev–Trinajstić information content (AvgIpc) is 2.79. The van der Waals surface area contributed by atoms with Crippen LogP contribution in [0.3, 0.4) is 0 Å². The van der Waals surface area contributed by atoms with Crippen molar-refractivity contribution in [3.05, 3.63) is 82.0 Å². The lowest BCUT2D eigenvalue weighted by molar-refractivity contribution is -0.118. The summed E-state index contributed by atoms with van der Waals surface area (Å²) < 4.78 is 48.1. The molecule has 0 bridgehead atoms. The first-order valence-corrected chi connectivity index (χ1v) is 13.2. The van der Waals surface area contributed by atoms with Gasteiger partial charge in [-0.25, -0.2) is 22.5 Å². The molecule has 2 rings (SSSR count). The number of rotatable bonds is 10. The number of benzene rings is 2. The highest BCUT2D eigenvalue weighted by Gasteiger charge is 2.25. The zero-order chi connectivity index (χ0) is 28.1. The van der Waals surface area contributed by atoms with E-state index in [2.05, 4.69) is 16.4 Å². The minimum Gasteiger partial charge on any atom is -0.481 e. The summed E-state index contributed by atoms with van der Waals surface area (Å²) in [5.41, 5.74) is 1.80. The van der Waals surface area contributed by atoms with Gasteiger partial charge in [0.2, 0.25) is 11.8 Å². The van der Waals surface area contributed by atoms with E-state index in [1.807, 2.05) is 13.8 Å². The Labute approximate surface area is 218 Å². The van der Waals surface area contributed by atoms with Crippen LogP contribution in [0.4, 0.5) is 4.39 Å². The maximum Gasteiger partial charge on any atom is 0.264 e. The van der Waals surface area contributed by atoms with Crippen molar-refractivity contribution in [1.29, 1.82) is 0 Å². The number of amides is 1. The summed E-state index contributed by atoms with van der Waals surface area (Å²) in [6, 6.07) is 7.08. The number of nitrogens with zero attached hydrogens (tertiary/aromatic N) is 1. The summed E-state index contributed by atoms with van der Waals surface area (Å²) in [5, 5.41) is 10.2. The van der Waals surface area contributed by atoms with E-state index in [9.17, 15) is 22.7 Å². The van der Waals surface area contributed by atoms with E-state index in [0.717, 1.165) is 0 Å². The Balaban J connectivity index is 2.52. The molecule has 0 atom stereocenters. The first-order valence-electron chi connectivity index (χ1n) is 11.7. The highest BCUT2D eigenvalue weighted by Crippen LogP contribution is 2.31. The molecule has 0 aliphatic heterocycles. The van der Waals surface area contributed by atoms with E-state index >= 15 is 0 Å². The van der Waals surface area contributed by atoms with Crippen LogP contribution in [-0.2, 0) is 31.6 Å². The molecule has 2 aromatic carbocycles. The minimum absolute atomic E-state index is 0.0730. The van der Waals surface area contributed by atoms with Gasteiger partial charge >= 0.3 is 0 Å². The third-order valence-electron chi connectivity index (χ3n) is 5.89. The van der Waals surface area contributed by atoms with Gasteiger partial charge in [0, 0.05) is 6.08 Å². The summed E-state index contributed by atoms with van der Waals surface area (Å²) in [6.45, 7) is 13.7. The molecule has 2 N–H and O–H groups in total. The molecule has 9 heteroatoms. The predicted octanol–water partition coefficient (Wildman–Crippen LogP) is 5.12. The van der Waals surface area contributed by atoms with Gasteiger partial charge in [0.05, 0.1) is 24.0 Å². The van der Waals surface area contributed by atoms with Crippen molar-refractivity contribution in [2.45, 2.75) is 64.4 Å². The third kappa shape index (κ3) is 7.36. The summed E-state index contributed by atoms with van der Waals surface area (Å²) in [4.78, 5) is 16.8. The number of hydrogen-bond acceptors (Lipinski definition) is 6. The third-order valence-corrected chi connectivity index (χ3v) is 7.43. The van der Waals surface area contributed by atoms with Crippen molar-refractivity contribution >= 4 is 28.2 Å². The van der Waals surface area contributed by atoms with Crippen LogP contribution in [0.15, 0.2) is 58.3 Å². The van der Waals surface area contributed by atoms with E-state index in [1.54, 1.807) is 45.9 Å². The van der Waals surface area contributed by atoms with Gasteiger partial charge in [-0.2, -0.15) is 0 Å². The molecule has 0 saturated heterocycles. The zero-order valence-corrected chi connectivity index (χ0v) is 23.2. The SMILES string of the molecule is C=N/C(=C\C(=C/C)c1cc(F)cc(C(C)C)c1CC(=O)NS(=O)(=O)c1ccc(C(C)(C)O)cc1C)OC. The highest BCUT2D eigenvalue weighted by atomic mass is 32.2. The molecule has 0 heterocycles. The molecule has 0 aliphatic rings. The van der Waals surface area contributed by atoms with Gasteiger partial charge in [-0.3, -0.25) is 4.79 Å². The van der Waals surface area contributed by atoms with Gasteiger partial charge in [0.1, 0.15) is 5.82 Å². The maximum atomic E-state index is 14.6. The Hall–Kier alpha value is -3.30. The first-order chi connectivity index (χ1) is 17.1. The molecular formula is C28H35FN2O5S. The summed E-state index contributed by atoms with van der Waals surface area (Å²) in [5.74, 6) is -1.20. The molecule has 1 amide bonds. The normalized spacial score (nSPS) is 13.0. The van der Waals surface area contributed by atoms with Gasteiger partial charge in [-0.1, -0.05) is 32.1 Å². The van der Waals surface area contributed by atoms with Gasteiger partial charge in [-0.15, -0.1) is 0 Å². The quantitative estimate of drug-likeness (QED) is 0.252. The Morgan fingerprint density at radius 3 is 2.41 bits per heavy atom. The first kappa shape index (κ1) is 29.9. The predicted molar refractivity (Wildman–Crippen MR) is 144 cm³/mol. The molecule has 0 unspecified atom stereocenters. The molecule has 0 aromatic heterocycles. The van der Waals surface area contributed by atoms with Crippen molar-refractivity contribution in [2.24, 2.45) is 4.99 Å². The molecule has 0 radical (unpaired) electrons. The lowest BCUT2D eigenvalue weighted by atomic mass is 9.87. The smallest absolute Gasteiger partial charge is 0.264 e. The number of aryl methyl sites for hydroxylation is 1.